The average Bonchev–Trinajstić information content (AvgIpc) is 2.43. The molecule has 1 saturated heterocycles. The Morgan fingerprint density at radius 2 is 1.96 bits per heavy atom. The first-order valence-corrected chi connectivity index (χ1v) is 7.76. The van der Waals surface area contributed by atoms with Crippen molar-refractivity contribution in [1.82, 2.24) is 20.6 Å². The molecule has 2 aliphatic rings. The van der Waals surface area contributed by atoms with E-state index in [9.17, 15) is 18.0 Å². The van der Waals surface area contributed by atoms with Crippen molar-refractivity contribution in [2.75, 3.05) is 19.6 Å². The van der Waals surface area contributed by atoms with Crippen molar-refractivity contribution in [3.05, 3.63) is 22.8 Å². The molecule has 1 unspecified atom stereocenters. The molecule has 5 nitrogen and oxygen atoms in total. The minimum absolute atomic E-state index is 0. The van der Waals surface area contributed by atoms with Crippen molar-refractivity contribution in [3.63, 3.8) is 0 Å². The molecule has 142 valence electrons. The van der Waals surface area contributed by atoms with Gasteiger partial charge in [0.25, 0.3) is 0 Å². The van der Waals surface area contributed by atoms with Gasteiger partial charge in [-0.05, 0) is 26.2 Å². The number of alkyl halides is 3. The molecule has 10 heteroatoms. The zero-order chi connectivity index (χ0) is 16.6. The number of aryl methyl sites for hydroxylation is 2. The van der Waals surface area contributed by atoms with E-state index in [1.165, 1.54) is 6.92 Å². The Kier molecular flexibility index (Phi) is 7.46. The van der Waals surface area contributed by atoms with E-state index < -0.39 is 17.8 Å². The Bertz CT molecular complexity index is 624. The lowest BCUT2D eigenvalue weighted by atomic mass is 9.84. The third-order valence-electron chi connectivity index (χ3n) is 4.45. The van der Waals surface area contributed by atoms with E-state index in [4.69, 9.17) is 0 Å². The number of fused-ring (bicyclic) bond motifs is 1. The minimum Gasteiger partial charge on any atom is -0.355 e. The predicted molar refractivity (Wildman–Crippen MR) is 91.2 cm³/mol. The van der Waals surface area contributed by atoms with Crippen LogP contribution in [0, 0.1) is 18.8 Å². The third-order valence-corrected chi connectivity index (χ3v) is 4.45. The number of carbonyl (C=O) groups is 1. The molecular formula is C15H21Cl2F3N4O. The molecule has 25 heavy (non-hydrogen) atoms. The second-order valence-electron chi connectivity index (χ2n) is 6.25. The van der Waals surface area contributed by atoms with Gasteiger partial charge in [0.05, 0.1) is 0 Å². The second kappa shape index (κ2) is 8.51. The fourth-order valence-electron chi connectivity index (χ4n) is 3.07. The van der Waals surface area contributed by atoms with Crippen molar-refractivity contribution >= 4 is 30.7 Å². The lowest BCUT2D eigenvalue weighted by molar-refractivity contribution is -0.142. The molecular weight excluding hydrogens is 380 g/mol. The van der Waals surface area contributed by atoms with Crippen LogP contribution in [0.3, 0.4) is 0 Å². The first kappa shape index (κ1) is 21.9. The van der Waals surface area contributed by atoms with Gasteiger partial charge >= 0.3 is 6.18 Å². The van der Waals surface area contributed by atoms with Crippen LogP contribution in [0.25, 0.3) is 0 Å². The zero-order valence-corrected chi connectivity index (χ0v) is 15.3. The Morgan fingerprint density at radius 3 is 2.52 bits per heavy atom. The van der Waals surface area contributed by atoms with E-state index in [0.717, 1.165) is 13.1 Å². The largest absolute Gasteiger partial charge is 0.433 e. The Balaban J connectivity index is 0.00000156. The van der Waals surface area contributed by atoms with Gasteiger partial charge in [-0.2, -0.15) is 13.2 Å². The fraction of sp³-hybridized carbons (Fsp3) is 0.667. The van der Waals surface area contributed by atoms with Crippen LogP contribution in [-0.4, -0.2) is 35.5 Å². The summed E-state index contributed by atoms with van der Waals surface area (Å²) < 4.78 is 39.6. The van der Waals surface area contributed by atoms with Crippen molar-refractivity contribution in [2.24, 2.45) is 11.8 Å². The summed E-state index contributed by atoms with van der Waals surface area (Å²) in [5.74, 6) is -0.0674. The third kappa shape index (κ3) is 4.95. The number of hydrogen-bond acceptors (Lipinski definition) is 4. The van der Waals surface area contributed by atoms with E-state index in [1.807, 2.05) is 0 Å². The molecule has 1 aromatic rings. The van der Waals surface area contributed by atoms with Gasteiger partial charge in [0.2, 0.25) is 5.91 Å². The number of carbonyl (C=O) groups excluding carboxylic acids is 1. The highest BCUT2D eigenvalue weighted by Gasteiger charge is 2.39. The van der Waals surface area contributed by atoms with Gasteiger partial charge in [-0.25, -0.2) is 9.97 Å². The number of aromatic nitrogens is 2. The van der Waals surface area contributed by atoms with Crippen molar-refractivity contribution in [2.45, 2.75) is 32.4 Å². The normalized spacial score (nSPS) is 19.8. The van der Waals surface area contributed by atoms with E-state index in [1.54, 1.807) is 0 Å². The Hall–Kier alpha value is -1.12. The summed E-state index contributed by atoms with van der Waals surface area (Å²) in [7, 11) is 0. The quantitative estimate of drug-likeness (QED) is 0.814. The number of rotatable bonds is 3. The van der Waals surface area contributed by atoms with Crippen LogP contribution in [0.15, 0.2) is 0 Å². The Morgan fingerprint density at radius 1 is 1.28 bits per heavy atom. The Labute approximate surface area is 156 Å². The van der Waals surface area contributed by atoms with Crippen LogP contribution in [-0.2, 0) is 23.8 Å². The van der Waals surface area contributed by atoms with Gasteiger partial charge in [-0.1, -0.05) is 0 Å². The molecule has 0 aromatic carbocycles. The first-order valence-electron chi connectivity index (χ1n) is 7.76. The zero-order valence-electron chi connectivity index (χ0n) is 13.7. The maximum absolute atomic E-state index is 13.2. The summed E-state index contributed by atoms with van der Waals surface area (Å²) >= 11 is 0. The van der Waals surface area contributed by atoms with Crippen LogP contribution in [0.1, 0.15) is 29.2 Å². The summed E-state index contributed by atoms with van der Waals surface area (Å²) in [4.78, 5) is 19.9. The molecule has 0 radical (unpaired) electrons. The maximum Gasteiger partial charge on any atom is 0.433 e. The fourth-order valence-corrected chi connectivity index (χ4v) is 3.07. The molecule has 2 heterocycles. The number of nitrogens with one attached hydrogen (secondary N) is 2. The van der Waals surface area contributed by atoms with Crippen LogP contribution in [0.5, 0.6) is 0 Å². The summed E-state index contributed by atoms with van der Waals surface area (Å²) in [5.41, 5.74) is -0.377. The highest BCUT2D eigenvalue weighted by atomic mass is 35.5. The van der Waals surface area contributed by atoms with Crippen LogP contribution < -0.4 is 10.6 Å². The van der Waals surface area contributed by atoms with E-state index in [0.29, 0.717) is 31.0 Å². The van der Waals surface area contributed by atoms with E-state index in [-0.39, 0.29) is 48.5 Å². The summed E-state index contributed by atoms with van der Waals surface area (Å²) in [6, 6.07) is 0. The molecule has 2 N–H and O–H groups in total. The lowest BCUT2D eigenvalue weighted by Gasteiger charge is -2.29. The molecule has 1 atom stereocenters. The second-order valence-corrected chi connectivity index (χ2v) is 6.25. The lowest BCUT2D eigenvalue weighted by Crippen LogP contribution is -2.49. The molecule has 3 rings (SSSR count). The van der Waals surface area contributed by atoms with E-state index >= 15 is 0 Å². The van der Waals surface area contributed by atoms with Crippen molar-refractivity contribution < 1.29 is 18.0 Å². The van der Waals surface area contributed by atoms with Crippen LogP contribution >= 0.6 is 24.8 Å². The average molecular weight is 401 g/mol. The van der Waals surface area contributed by atoms with Crippen LogP contribution in [0.2, 0.25) is 0 Å². The topological polar surface area (TPSA) is 66.9 Å². The van der Waals surface area contributed by atoms with Gasteiger partial charge in [-0.3, -0.25) is 4.79 Å². The highest BCUT2D eigenvalue weighted by molar-refractivity contribution is 5.85. The van der Waals surface area contributed by atoms with Crippen molar-refractivity contribution in [3.8, 4) is 0 Å². The minimum atomic E-state index is -4.52. The first-order chi connectivity index (χ1) is 10.8. The van der Waals surface area contributed by atoms with Gasteiger partial charge in [0.15, 0.2) is 5.69 Å². The van der Waals surface area contributed by atoms with Gasteiger partial charge in [-0.15, -0.1) is 24.8 Å². The number of hydrogen-bond donors (Lipinski definition) is 2. The van der Waals surface area contributed by atoms with E-state index in [2.05, 4.69) is 20.6 Å². The molecule has 0 spiro atoms. The highest BCUT2D eigenvalue weighted by Crippen LogP contribution is 2.35. The van der Waals surface area contributed by atoms with Crippen molar-refractivity contribution in [1.29, 1.82) is 0 Å². The summed E-state index contributed by atoms with van der Waals surface area (Å²) in [6.45, 7) is 3.78. The summed E-state index contributed by atoms with van der Waals surface area (Å²) in [5, 5.41) is 5.97. The standard InChI is InChI=1S/C15H19F3N4O.2ClH/c1-8-21-12-3-2-10(14(23)20-7-9-5-19-6-9)4-11(12)13(22-8)15(16,17)18;;/h9-10,19H,2-7H2,1H3,(H,20,23);2*1H. The molecule has 1 aromatic heterocycles. The molecule has 1 aliphatic heterocycles. The molecule has 1 fully saturated rings. The van der Waals surface area contributed by atoms with Gasteiger partial charge in [0.1, 0.15) is 5.82 Å². The smallest absolute Gasteiger partial charge is 0.355 e. The number of nitrogens with zero attached hydrogens (tertiary/aromatic N) is 2. The molecule has 0 saturated carbocycles. The van der Waals surface area contributed by atoms with Crippen LogP contribution in [0.4, 0.5) is 13.2 Å². The van der Waals surface area contributed by atoms with Gasteiger partial charge in [0, 0.05) is 42.7 Å². The molecule has 1 aliphatic carbocycles. The molecule has 1 amide bonds. The number of amides is 1. The maximum atomic E-state index is 13.2. The number of halogens is 5. The summed E-state index contributed by atoms with van der Waals surface area (Å²) in [6.07, 6.45) is -3.56. The molecule has 0 bridgehead atoms. The monoisotopic (exact) mass is 400 g/mol. The predicted octanol–water partition coefficient (Wildman–Crippen LogP) is 2.09. The SMILES string of the molecule is Cc1nc2c(c(C(F)(F)F)n1)CC(C(=O)NCC1CNC1)CC2.Cl.Cl. The van der Waals surface area contributed by atoms with Gasteiger partial charge < -0.3 is 10.6 Å².